The second-order valence-electron chi connectivity index (χ2n) is 3.60. The van der Waals surface area contributed by atoms with Crippen molar-refractivity contribution in [3.63, 3.8) is 0 Å². The fraction of sp³-hybridized carbons (Fsp3) is 0.0909. The van der Waals surface area contributed by atoms with E-state index >= 15 is 0 Å². The average molecular weight is 366 g/mol. The lowest BCUT2D eigenvalue weighted by Gasteiger charge is -2.09. The van der Waals surface area contributed by atoms with Crippen LogP contribution < -0.4 is 4.72 Å². The first kappa shape index (κ1) is 14.4. The van der Waals surface area contributed by atoms with Gasteiger partial charge in [0.15, 0.2) is 0 Å². The van der Waals surface area contributed by atoms with Crippen LogP contribution in [-0.2, 0) is 16.6 Å². The molecule has 0 bridgehead atoms. The van der Waals surface area contributed by atoms with Crippen molar-refractivity contribution < 1.29 is 17.9 Å². The van der Waals surface area contributed by atoms with Crippen LogP contribution in [0.25, 0.3) is 0 Å². The number of hydrogen-bond acceptors (Lipinski definition) is 4. The quantitative estimate of drug-likeness (QED) is 0.875. The molecular formula is C11H9BrFNO3S2. The first-order valence-corrected chi connectivity index (χ1v) is 8.25. The SMILES string of the molecule is O=S(=O)(Nc1cc(F)ccc1Br)c1ccsc1CO. The molecule has 2 rings (SSSR count). The molecule has 0 saturated heterocycles. The number of anilines is 1. The Morgan fingerprint density at radius 1 is 1.37 bits per heavy atom. The van der Waals surface area contributed by atoms with Crippen molar-refractivity contribution >= 4 is 43.0 Å². The third-order valence-electron chi connectivity index (χ3n) is 2.31. The minimum absolute atomic E-state index is 0.00355. The van der Waals surface area contributed by atoms with Crippen molar-refractivity contribution in [1.82, 2.24) is 0 Å². The second-order valence-corrected chi connectivity index (χ2v) is 7.10. The zero-order chi connectivity index (χ0) is 14.0. The van der Waals surface area contributed by atoms with E-state index in [1.165, 1.54) is 18.2 Å². The minimum atomic E-state index is -3.85. The van der Waals surface area contributed by atoms with Crippen LogP contribution >= 0.6 is 27.3 Å². The molecule has 0 saturated carbocycles. The molecule has 19 heavy (non-hydrogen) atoms. The number of aliphatic hydroxyl groups is 1. The summed E-state index contributed by atoms with van der Waals surface area (Å²) in [5.74, 6) is -0.548. The van der Waals surface area contributed by atoms with Crippen molar-refractivity contribution in [3.05, 3.63) is 44.8 Å². The van der Waals surface area contributed by atoms with Gasteiger partial charge >= 0.3 is 0 Å². The summed E-state index contributed by atoms with van der Waals surface area (Å²) in [5, 5.41) is 10.7. The van der Waals surface area contributed by atoms with E-state index in [4.69, 9.17) is 5.11 Å². The van der Waals surface area contributed by atoms with Crippen molar-refractivity contribution in [1.29, 1.82) is 0 Å². The van der Waals surface area contributed by atoms with Crippen LogP contribution in [0.5, 0.6) is 0 Å². The summed E-state index contributed by atoms with van der Waals surface area (Å²) < 4.78 is 40.1. The van der Waals surface area contributed by atoms with Crippen LogP contribution in [0.4, 0.5) is 10.1 Å². The third-order valence-corrected chi connectivity index (χ3v) is 5.49. The molecule has 2 N–H and O–H groups in total. The number of halogens is 2. The molecule has 102 valence electrons. The van der Waals surface area contributed by atoms with Crippen molar-refractivity contribution in [3.8, 4) is 0 Å². The zero-order valence-corrected chi connectivity index (χ0v) is 12.6. The predicted molar refractivity (Wildman–Crippen MR) is 75.2 cm³/mol. The Labute approximate surface area is 122 Å². The molecule has 0 aliphatic rings. The lowest BCUT2D eigenvalue weighted by Crippen LogP contribution is -2.14. The number of rotatable bonds is 4. The molecule has 0 fully saturated rings. The van der Waals surface area contributed by atoms with Gasteiger partial charge in [-0.3, -0.25) is 4.72 Å². The van der Waals surface area contributed by atoms with Gasteiger partial charge in [0.05, 0.1) is 17.2 Å². The standard InChI is InChI=1S/C11H9BrFNO3S2/c12-8-2-1-7(13)5-9(8)14-19(16,17)11-3-4-18-10(11)6-15/h1-5,14-15H,6H2. The number of hydrogen-bond donors (Lipinski definition) is 2. The molecule has 0 spiro atoms. The smallest absolute Gasteiger partial charge is 0.263 e. The summed E-state index contributed by atoms with van der Waals surface area (Å²) >= 11 is 4.28. The molecule has 2 aromatic rings. The summed E-state index contributed by atoms with van der Waals surface area (Å²) in [6.07, 6.45) is 0. The van der Waals surface area contributed by atoms with Gasteiger partial charge in [-0.05, 0) is 45.6 Å². The van der Waals surface area contributed by atoms with E-state index in [2.05, 4.69) is 20.7 Å². The number of benzene rings is 1. The van der Waals surface area contributed by atoms with Crippen molar-refractivity contribution in [2.24, 2.45) is 0 Å². The molecular weight excluding hydrogens is 357 g/mol. The molecule has 4 nitrogen and oxygen atoms in total. The normalized spacial score (nSPS) is 11.5. The van der Waals surface area contributed by atoms with E-state index in [-0.39, 0.29) is 17.2 Å². The molecule has 8 heteroatoms. The molecule has 1 aromatic carbocycles. The van der Waals surface area contributed by atoms with E-state index in [1.807, 2.05) is 0 Å². The Kier molecular flexibility index (Phi) is 4.24. The van der Waals surface area contributed by atoms with Gasteiger partial charge < -0.3 is 5.11 Å². The van der Waals surface area contributed by atoms with Gasteiger partial charge in [0.2, 0.25) is 0 Å². The summed E-state index contributed by atoms with van der Waals surface area (Å²) in [7, 11) is -3.85. The van der Waals surface area contributed by atoms with Crippen LogP contribution in [0.3, 0.4) is 0 Å². The monoisotopic (exact) mass is 365 g/mol. The molecule has 0 atom stereocenters. The maximum Gasteiger partial charge on any atom is 0.263 e. The largest absolute Gasteiger partial charge is 0.391 e. The second kappa shape index (κ2) is 5.58. The fourth-order valence-corrected chi connectivity index (χ4v) is 4.30. The Bertz CT molecular complexity index is 700. The van der Waals surface area contributed by atoms with Crippen molar-refractivity contribution in [2.45, 2.75) is 11.5 Å². The highest BCUT2D eigenvalue weighted by Gasteiger charge is 2.20. The maximum absolute atomic E-state index is 13.1. The predicted octanol–water partition coefficient (Wildman–Crippen LogP) is 2.94. The van der Waals surface area contributed by atoms with Gasteiger partial charge in [-0.1, -0.05) is 0 Å². The molecule has 0 unspecified atom stereocenters. The average Bonchev–Trinajstić information content (AvgIpc) is 2.82. The molecule has 0 amide bonds. The van der Waals surface area contributed by atoms with E-state index in [0.29, 0.717) is 9.35 Å². The van der Waals surface area contributed by atoms with Crippen LogP contribution in [-0.4, -0.2) is 13.5 Å². The maximum atomic E-state index is 13.1. The first-order valence-electron chi connectivity index (χ1n) is 5.09. The first-order chi connectivity index (χ1) is 8.94. The van der Waals surface area contributed by atoms with Crippen LogP contribution in [0, 0.1) is 5.82 Å². The van der Waals surface area contributed by atoms with Gasteiger partial charge in [-0.25, -0.2) is 12.8 Å². The van der Waals surface area contributed by atoms with Crippen LogP contribution in [0.2, 0.25) is 0 Å². The van der Waals surface area contributed by atoms with Gasteiger partial charge in [0.25, 0.3) is 10.0 Å². The third kappa shape index (κ3) is 3.14. The van der Waals surface area contributed by atoms with Gasteiger partial charge in [0, 0.05) is 4.47 Å². The lowest BCUT2D eigenvalue weighted by molar-refractivity contribution is 0.282. The zero-order valence-electron chi connectivity index (χ0n) is 9.43. The van der Waals surface area contributed by atoms with Gasteiger partial charge in [-0.15, -0.1) is 11.3 Å². The molecule has 0 aliphatic heterocycles. The highest BCUT2D eigenvalue weighted by atomic mass is 79.9. The van der Waals surface area contributed by atoms with E-state index < -0.39 is 15.8 Å². The molecule has 1 aromatic heterocycles. The van der Waals surface area contributed by atoms with Crippen LogP contribution in [0.15, 0.2) is 39.0 Å². The Balaban J connectivity index is 2.39. The summed E-state index contributed by atoms with van der Waals surface area (Å²) in [5.41, 5.74) is 0.107. The van der Waals surface area contributed by atoms with Crippen molar-refractivity contribution in [2.75, 3.05) is 4.72 Å². The Morgan fingerprint density at radius 3 is 2.79 bits per heavy atom. The van der Waals surface area contributed by atoms with E-state index in [0.717, 1.165) is 17.4 Å². The fourth-order valence-electron chi connectivity index (χ4n) is 1.46. The van der Waals surface area contributed by atoms with Crippen LogP contribution in [0.1, 0.15) is 4.88 Å². The van der Waals surface area contributed by atoms with Gasteiger partial charge in [-0.2, -0.15) is 0 Å². The molecule has 0 aliphatic carbocycles. The highest BCUT2D eigenvalue weighted by molar-refractivity contribution is 9.10. The summed E-state index contributed by atoms with van der Waals surface area (Å²) in [6, 6.07) is 5.10. The van der Waals surface area contributed by atoms with E-state index in [9.17, 15) is 12.8 Å². The number of aliphatic hydroxyl groups excluding tert-OH is 1. The summed E-state index contributed by atoms with van der Waals surface area (Å²) in [4.78, 5) is 0.330. The number of thiophene rings is 1. The number of nitrogens with one attached hydrogen (secondary N) is 1. The van der Waals surface area contributed by atoms with Gasteiger partial charge in [0.1, 0.15) is 10.7 Å². The lowest BCUT2D eigenvalue weighted by atomic mass is 10.3. The highest BCUT2D eigenvalue weighted by Crippen LogP contribution is 2.28. The summed E-state index contributed by atoms with van der Waals surface area (Å²) in [6.45, 7) is -0.363. The molecule has 1 heterocycles. The minimum Gasteiger partial charge on any atom is -0.391 e. The molecule has 0 radical (unpaired) electrons. The topological polar surface area (TPSA) is 66.4 Å². The Hall–Kier alpha value is -0.960. The number of sulfonamides is 1. The Morgan fingerprint density at radius 2 is 2.11 bits per heavy atom. The van der Waals surface area contributed by atoms with E-state index in [1.54, 1.807) is 5.38 Å².